The summed E-state index contributed by atoms with van der Waals surface area (Å²) < 4.78 is 5.60. The number of benzene rings is 2. The number of hydrogen-bond acceptors (Lipinski definition) is 3. The maximum Gasteiger partial charge on any atom is 0.170 e. The van der Waals surface area contributed by atoms with E-state index in [0.29, 0.717) is 5.11 Å². The highest BCUT2D eigenvalue weighted by Gasteiger charge is 2.15. The number of rotatable bonds is 5. The predicted molar refractivity (Wildman–Crippen MR) is 100 cm³/mol. The lowest BCUT2D eigenvalue weighted by Crippen LogP contribution is -2.34. The van der Waals surface area contributed by atoms with Gasteiger partial charge >= 0.3 is 0 Å². The second kappa shape index (κ2) is 8.34. The van der Waals surface area contributed by atoms with Crippen molar-refractivity contribution in [3.63, 3.8) is 0 Å². The molecule has 3 rings (SSSR count). The minimum atomic E-state index is 0.281. The van der Waals surface area contributed by atoms with Gasteiger partial charge < -0.3 is 15.4 Å². The molecule has 2 aromatic carbocycles. The smallest absolute Gasteiger partial charge is 0.170 e. The van der Waals surface area contributed by atoms with Crippen LogP contribution in [-0.2, 0) is 4.74 Å². The van der Waals surface area contributed by atoms with Crippen molar-refractivity contribution >= 4 is 34.8 Å². The Morgan fingerprint density at radius 1 is 1.13 bits per heavy atom. The summed E-state index contributed by atoms with van der Waals surface area (Å²) >= 11 is 7.13. The first kappa shape index (κ1) is 16.3. The summed E-state index contributed by atoms with van der Waals surface area (Å²) in [5, 5.41) is 7.19. The minimum Gasteiger partial charge on any atom is -0.376 e. The molecular formula is C18H20N2OS2. The van der Waals surface area contributed by atoms with E-state index in [2.05, 4.69) is 28.8 Å². The van der Waals surface area contributed by atoms with Crippen LogP contribution in [-0.4, -0.2) is 24.4 Å². The van der Waals surface area contributed by atoms with Crippen LogP contribution in [0.5, 0.6) is 0 Å². The number of anilines is 1. The number of ether oxygens (including phenoxy) is 1. The van der Waals surface area contributed by atoms with Crippen molar-refractivity contribution in [2.75, 3.05) is 18.5 Å². The van der Waals surface area contributed by atoms with Crippen molar-refractivity contribution in [3.05, 3.63) is 54.6 Å². The SMILES string of the molecule is S=C(NCC1CCCO1)Nc1ccccc1Sc1ccccc1. The van der Waals surface area contributed by atoms with Crippen LogP contribution in [0.25, 0.3) is 0 Å². The molecule has 2 aromatic rings. The highest BCUT2D eigenvalue weighted by molar-refractivity contribution is 7.99. The van der Waals surface area contributed by atoms with Crippen LogP contribution in [0.15, 0.2) is 64.4 Å². The van der Waals surface area contributed by atoms with Gasteiger partial charge in [0.1, 0.15) is 0 Å². The number of hydrogen-bond donors (Lipinski definition) is 2. The molecule has 1 heterocycles. The average molecular weight is 345 g/mol. The Morgan fingerprint density at radius 3 is 2.70 bits per heavy atom. The average Bonchev–Trinajstić information content (AvgIpc) is 3.09. The Bertz CT molecular complexity index is 642. The normalized spacial score (nSPS) is 17.0. The van der Waals surface area contributed by atoms with Crippen molar-refractivity contribution in [3.8, 4) is 0 Å². The summed E-state index contributed by atoms with van der Waals surface area (Å²) in [7, 11) is 0. The number of thiocarbonyl (C=S) groups is 1. The van der Waals surface area contributed by atoms with Crippen molar-refractivity contribution in [2.45, 2.75) is 28.7 Å². The maximum absolute atomic E-state index is 5.60. The summed E-state index contributed by atoms with van der Waals surface area (Å²) in [6, 6.07) is 18.5. The van der Waals surface area contributed by atoms with Gasteiger partial charge in [0.25, 0.3) is 0 Å². The molecule has 120 valence electrons. The first-order chi connectivity index (χ1) is 11.3. The summed E-state index contributed by atoms with van der Waals surface area (Å²) in [6.07, 6.45) is 2.53. The molecule has 1 fully saturated rings. The van der Waals surface area contributed by atoms with Crippen LogP contribution in [0.1, 0.15) is 12.8 Å². The Kier molecular flexibility index (Phi) is 5.91. The minimum absolute atomic E-state index is 0.281. The molecule has 1 saturated heterocycles. The third-order valence-corrected chi connectivity index (χ3v) is 4.95. The molecular weight excluding hydrogens is 324 g/mol. The molecule has 2 N–H and O–H groups in total. The predicted octanol–water partition coefficient (Wildman–Crippen LogP) is 4.30. The first-order valence-electron chi connectivity index (χ1n) is 7.79. The second-order valence-corrected chi connectivity index (χ2v) is 6.90. The van der Waals surface area contributed by atoms with Crippen LogP contribution >= 0.6 is 24.0 Å². The fourth-order valence-electron chi connectivity index (χ4n) is 2.45. The van der Waals surface area contributed by atoms with Crippen LogP contribution in [0.4, 0.5) is 5.69 Å². The quantitative estimate of drug-likeness (QED) is 0.790. The molecule has 0 bridgehead atoms. The zero-order valence-electron chi connectivity index (χ0n) is 12.8. The summed E-state index contributed by atoms with van der Waals surface area (Å²) in [4.78, 5) is 2.36. The monoisotopic (exact) mass is 344 g/mol. The van der Waals surface area contributed by atoms with E-state index >= 15 is 0 Å². The zero-order chi connectivity index (χ0) is 15.9. The van der Waals surface area contributed by atoms with Gasteiger partial charge in [-0.2, -0.15) is 0 Å². The zero-order valence-corrected chi connectivity index (χ0v) is 14.5. The van der Waals surface area contributed by atoms with Gasteiger partial charge in [-0.3, -0.25) is 0 Å². The maximum atomic E-state index is 5.60. The lowest BCUT2D eigenvalue weighted by atomic mass is 10.2. The van der Waals surface area contributed by atoms with E-state index in [9.17, 15) is 0 Å². The molecule has 0 aromatic heterocycles. The molecule has 5 heteroatoms. The van der Waals surface area contributed by atoms with Crippen LogP contribution in [0, 0.1) is 0 Å². The second-order valence-electron chi connectivity index (χ2n) is 5.38. The van der Waals surface area contributed by atoms with E-state index in [1.165, 1.54) is 4.90 Å². The van der Waals surface area contributed by atoms with Crippen molar-refractivity contribution in [2.24, 2.45) is 0 Å². The lowest BCUT2D eigenvalue weighted by Gasteiger charge is -2.16. The van der Waals surface area contributed by atoms with Gasteiger partial charge in [0, 0.05) is 22.9 Å². The van der Waals surface area contributed by atoms with Gasteiger partial charge in [0.15, 0.2) is 5.11 Å². The van der Waals surface area contributed by atoms with Crippen LogP contribution in [0.2, 0.25) is 0 Å². The molecule has 1 unspecified atom stereocenters. The van der Waals surface area contributed by atoms with Gasteiger partial charge in [0.05, 0.1) is 11.8 Å². The Labute approximate surface area is 146 Å². The van der Waals surface area contributed by atoms with Gasteiger partial charge in [-0.05, 0) is 49.3 Å². The molecule has 0 amide bonds. The van der Waals surface area contributed by atoms with E-state index in [1.807, 2.05) is 36.4 Å². The van der Waals surface area contributed by atoms with Crippen LogP contribution < -0.4 is 10.6 Å². The molecule has 0 radical (unpaired) electrons. The van der Waals surface area contributed by atoms with E-state index in [0.717, 1.165) is 36.6 Å². The van der Waals surface area contributed by atoms with E-state index in [1.54, 1.807) is 11.8 Å². The van der Waals surface area contributed by atoms with Gasteiger partial charge in [-0.15, -0.1) is 0 Å². The van der Waals surface area contributed by atoms with Gasteiger partial charge in [-0.1, -0.05) is 42.1 Å². The molecule has 1 atom stereocenters. The van der Waals surface area contributed by atoms with E-state index in [4.69, 9.17) is 17.0 Å². The number of nitrogens with one attached hydrogen (secondary N) is 2. The molecule has 0 saturated carbocycles. The largest absolute Gasteiger partial charge is 0.376 e. The van der Waals surface area contributed by atoms with Crippen molar-refractivity contribution < 1.29 is 4.74 Å². The fraction of sp³-hybridized carbons (Fsp3) is 0.278. The third kappa shape index (κ3) is 4.96. The molecule has 23 heavy (non-hydrogen) atoms. The number of para-hydroxylation sites is 1. The van der Waals surface area contributed by atoms with Crippen molar-refractivity contribution in [1.29, 1.82) is 0 Å². The highest BCUT2D eigenvalue weighted by Crippen LogP contribution is 2.33. The standard InChI is InChI=1S/C18H20N2OS2/c22-18(19-13-14-7-6-12-21-14)20-16-10-4-5-11-17(16)23-15-8-2-1-3-9-15/h1-5,8-11,14H,6-7,12-13H2,(H2,19,20,22). The molecule has 0 spiro atoms. The van der Waals surface area contributed by atoms with E-state index in [-0.39, 0.29) is 6.10 Å². The first-order valence-corrected chi connectivity index (χ1v) is 9.02. The topological polar surface area (TPSA) is 33.3 Å². The Balaban J connectivity index is 1.59. The van der Waals surface area contributed by atoms with Crippen molar-refractivity contribution in [1.82, 2.24) is 5.32 Å². The highest BCUT2D eigenvalue weighted by atomic mass is 32.2. The summed E-state index contributed by atoms with van der Waals surface area (Å²) in [6.45, 7) is 1.63. The van der Waals surface area contributed by atoms with Gasteiger partial charge in [0.2, 0.25) is 0 Å². The van der Waals surface area contributed by atoms with E-state index < -0.39 is 0 Å². The van der Waals surface area contributed by atoms with Gasteiger partial charge in [-0.25, -0.2) is 0 Å². The summed E-state index contributed by atoms with van der Waals surface area (Å²) in [5.74, 6) is 0. The molecule has 3 nitrogen and oxygen atoms in total. The van der Waals surface area contributed by atoms with Crippen LogP contribution in [0.3, 0.4) is 0 Å². The summed E-state index contributed by atoms with van der Waals surface area (Å²) in [5.41, 5.74) is 1.02. The Hall–Kier alpha value is -1.56. The lowest BCUT2D eigenvalue weighted by molar-refractivity contribution is 0.114. The molecule has 1 aliphatic heterocycles. The fourth-order valence-corrected chi connectivity index (χ4v) is 3.57. The molecule has 0 aliphatic carbocycles. The molecule has 1 aliphatic rings. The Morgan fingerprint density at radius 2 is 1.91 bits per heavy atom. The third-order valence-electron chi connectivity index (χ3n) is 3.62.